The summed E-state index contributed by atoms with van der Waals surface area (Å²) in [6.07, 6.45) is 0.343. The van der Waals surface area contributed by atoms with Gasteiger partial charge in [-0.25, -0.2) is 13.8 Å². The lowest BCUT2D eigenvalue weighted by Gasteiger charge is -2.19. The Morgan fingerprint density at radius 1 is 1.11 bits per heavy atom. The number of aromatic nitrogens is 2. The van der Waals surface area contributed by atoms with Crippen molar-refractivity contribution in [3.63, 3.8) is 0 Å². The van der Waals surface area contributed by atoms with E-state index in [1.807, 2.05) is 32.0 Å². The zero-order valence-corrected chi connectivity index (χ0v) is 15.4. The molecule has 1 aromatic heterocycles. The zero-order chi connectivity index (χ0) is 20.3. The predicted molar refractivity (Wildman–Crippen MR) is 102 cm³/mol. The lowest BCUT2D eigenvalue weighted by atomic mass is 10.0. The van der Waals surface area contributed by atoms with Gasteiger partial charge in [0.1, 0.15) is 17.7 Å². The van der Waals surface area contributed by atoms with Gasteiger partial charge in [-0.05, 0) is 36.6 Å². The fourth-order valence-corrected chi connectivity index (χ4v) is 2.85. The van der Waals surface area contributed by atoms with E-state index in [4.69, 9.17) is 0 Å². The molecule has 3 aromatic rings. The zero-order valence-electron chi connectivity index (χ0n) is 15.4. The van der Waals surface area contributed by atoms with Crippen LogP contribution in [0.25, 0.3) is 11.0 Å². The number of aromatic amines is 1. The van der Waals surface area contributed by atoms with E-state index in [1.165, 1.54) is 0 Å². The number of rotatable bonds is 6. The van der Waals surface area contributed by atoms with Crippen LogP contribution in [0.3, 0.4) is 0 Å². The van der Waals surface area contributed by atoms with E-state index in [9.17, 15) is 18.4 Å². The molecule has 0 saturated carbocycles. The number of para-hydroxylation sites is 2. The number of halogens is 2. The number of nitrogens with zero attached hydrogens (tertiary/aromatic N) is 1. The minimum atomic E-state index is -0.896. The Kier molecular flexibility index (Phi) is 5.67. The van der Waals surface area contributed by atoms with Gasteiger partial charge in [-0.2, -0.15) is 0 Å². The van der Waals surface area contributed by atoms with Crippen LogP contribution < -0.4 is 10.6 Å². The summed E-state index contributed by atoms with van der Waals surface area (Å²) in [7, 11) is 0. The summed E-state index contributed by atoms with van der Waals surface area (Å²) >= 11 is 0. The van der Waals surface area contributed by atoms with Gasteiger partial charge < -0.3 is 10.3 Å². The van der Waals surface area contributed by atoms with Gasteiger partial charge >= 0.3 is 0 Å². The fourth-order valence-electron chi connectivity index (χ4n) is 2.85. The average molecular weight is 386 g/mol. The summed E-state index contributed by atoms with van der Waals surface area (Å²) in [4.78, 5) is 32.3. The van der Waals surface area contributed by atoms with Gasteiger partial charge in [-0.15, -0.1) is 0 Å². The van der Waals surface area contributed by atoms with Crippen molar-refractivity contribution in [1.29, 1.82) is 0 Å². The van der Waals surface area contributed by atoms with Gasteiger partial charge in [-0.3, -0.25) is 14.9 Å². The number of carbonyl (C=O) groups excluding carboxylic acids is 2. The largest absolute Gasteiger partial charge is 0.340 e. The third-order valence-corrected chi connectivity index (χ3v) is 4.08. The number of nitrogens with one attached hydrogen (secondary N) is 3. The molecular weight excluding hydrogens is 366 g/mol. The van der Waals surface area contributed by atoms with Crippen LogP contribution in [0.15, 0.2) is 42.5 Å². The summed E-state index contributed by atoms with van der Waals surface area (Å²) in [5, 5.41) is 5.19. The molecule has 1 unspecified atom stereocenters. The van der Waals surface area contributed by atoms with Gasteiger partial charge in [0.2, 0.25) is 11.9 Å². The van der Waals surface area contributed by atoms with Gasteiger partial charge in [0.05, 0.1) is 11.0 Å². The summed E-state index contributed by atoms with van der Waals surface area (Å²) in [5.74, 6) is -2.58. The van der Waals surface area contributed by atoms with Crippen molar-refractivity contribution in [3.8, 4) is 0 Å². The molecule has 8 heteroatoms. The van der Waals surface area contributed by atoms with Crippen LogP contribution in [0.1, 0.15) is 30.6 Å². The molecule has 2 amide bonds. The quantitative estimate of drug-likeness (QED) is 0.605. The minimum Gasteiger partial charge on any atom is -0.340 e. The standard InChI is InChI=1S/C20H20F2N4O2/c1-11(2)7-17(23-18(27)12-8-13(21)10-14(22)9-12)19(28)26-20-24-15-5-3-4-6-16(15)25-20/h3-6,8-11,17H,7H2,1-2H3,(H,23,27)(H2,24,25,26,28). The highest BCUT2D eigenvalue weighted by Gasteiger charge is 2.24. The van der Waals surface area contributed by atoms with E-state index in [2.05, 4.69) is 20.6 Å². The Hall–Kier alpha value is -3.29. The van der Waals surface area contributed by atoms with Crippen LogP contribution in [-0.2, 0) is 4.79 Å². The number of H-pyrrole nitrogens is 1. The molecule has 1 heterocycles. The average Bonchev–Trinajstić information content (AvgIpc) is 3.02. The Bertz CT molecular complexity index is 963. The molecule has 0 aliphatic heterocycles. The van der Waals surface area contributed by atoms with Crippen molar-refractivity contribution in [2.75, 3.05) is 5.32 Å². The third kappa shape index (κ3) is 4.70. The number of imidazole rings is 1. The normalized spacial score (nSPS) is 12.2. The first-order chi connectivity index (χ1) is 13.3. The van der Waals surface area contributed by atoms with Crippen LogP contribution in [0.5, 0.6) is 0 Å². The molecule has 6 nitrogen and oxygen atoms in total. The van der Waals surface area contributed by atoms with Crippen molar-refractivity contribution in [2.24, 2.45) is 5.92 Å². The Labute approximate surface area is 160 Å². The second kappa shape index (κ2) is 8.16. The third-order valence-electron chi connectivity index (χ3n) is 4.08. The second-order valence-corrected chi connectivity index (χ2v) is 6.91. The minimum absolute atomic E-state index is 0.0935. The first-order valence-corrected chi connectivity index (χ1v) is 8.84. The van der Waals surface area contributed by atoms with Crippen LogP contribution in [0.2, 0.25) is 0 Å². The Morgan fingerprint density at radius 2 is 1.79 bits per heavy atom. The van der Waals surface area contributed by atoms with E-state index in [0.717, 1.165) is 17.6 Å². The second-order valence-electron chi connectivity index (χ2n) is 6.91. The maximum Gasteiger partial charge on any atom is 0.252 e. The highest BCUT2D eigenvalue weighted by Crippen LogP contribution is 2.15. The summed E-state index contributed by atoms with van der Waals surface area (Å²) in [6.45, 7) is 3.80. The summed E-state index contributed by atoms with van der Waals surface area (Å²) in [5.41, 5.74) is 1.26. The Balaban J connectivity index is 1.76. The SMILES string of the molecule is CC(C)CC(NC(=O)c1cc(F)cc(F)c1)C(=O)Nc1nc2ccccc2[nH]1. The van der Waals surface area contributed by atoms with Crippen molar-refractivity contribution in [3.05, 3.63) is 59.7 Å². The molecule has 3 rings (SSSR count). The van der Waals surface area contributed by atoms with Crippen molar-refractivity contribution in [2.45, 2.75) is 26.3 Å². The molecule has 0 aliphatic carbocycles. The van der Waals surface area contributed by atoms with Crippen molar-refractivity contribution in [1.82, 2.24) is 15.3 Å². The lowest BCUT2D eigenvalue weighted by molar-refractivity contribution is -0.118. The van der Waals surface area contributed by atoms with E-state index in [1.54, 1.807) is 6.07 Å². The predicted octanol–water partition coefficient (Wildman–Crippen LogP) is 3.62. The van der Waals surface area contributed by atoms with Gasteiger partial charge in [-0.1, -0.05) is 26.0 Å². The van der Waals surface area contributed by atoms with E-state index in [-0.39, 0.29) is 17.4 Å². The highest BCUT2D eigenvalue weighted by atomic mass is 19.1. The first-order valence-electron chi connectivity index (χ1n) is 8.84. The molecule has 0 fully saturated rings. The lowest BCUT2D eigenvalue weighted by Crippen LogP contribution is -2.44. The number of anilines is 1. The number of benzene rings is 2. The number of hydrogen-bond acceptors (Lipinski definition) is 3. The van der Waals surface area contributed by atoms with Crippen LogP contribution in [0, 0.1) is 17.6 Å². The molecule has 0 radical (unpaired) electrons. The van der Waals surface area contributed by atoms with Crippen LogP contribution >= 0.6 is 0 Å². The van der Waals surface area contributed by atoms with Gasteiger partial charge in [0.25, 0.3) is 5.91 Å². The van der Waals surface area contributed by atoms with Crippen LogP contribution in [0.4, 0.5) is 14.7 Å². The van der Waals surface area contributed by atoms with Crippen molar-refractivity contribution < 1.29 is 18.4 Å². The van der Waals surface area contributed by atoms with E-state index < -0.39 is 29.5 Å². The molecule has 28 heavy (non-hydrogen) atoms. The number of hydrogen-bond donors (Lipinski definition) is 3. The molecule has 0 aliphatic rings. The van der Waals surface area contributed by atoms with Crippen molar-refractivity contribution >= 4 is 28.8 Å². The van der Waals surface area contributed by atoms with E-state index in [0.29, 0.717) is 18.0 Å². The van der Waals surface area contributed by atoms with Gasteiger partial charge in [0, 0.05) is 11.6 Å². The molecule has 3 N–H and O–H groups in total. The molecular formula is C20H20F2N4O2. The van der Waals surface area contributed by atoms with E-state index >= 15 is 0 Å². The highest BCUT2D eigenvalue weighted by molar-refractivity contribution is 6.01. The number of fused-ring (bicyclic) bond motifs is 1. The topological polar surface area (TPSA) is 86.9 Å². The smallest absolute Gasteiger partial charge is 0.252 e. The monoisotopic (exact) mass is 386 g/mol. The number of amides is 2. The van der Waals surface area contributed by atoms with Gasteiger partial charge in [0.15, 0.2) is 0 Å². The molecule has 0 spiro atoms. The summed E-state index contributed by atoms with van der Waals surface area (Å²) in [6, 6.07) is 8.91. The molecule has 146 valence electrons. The number of carbonyl (C=O) groups is 2. The molecule has 1 atom stereocenters. The fraction of sp³-hybridized carbons (Fsp3) is 0.250. The Morgan fingerprint density at radius 3 is 2.43 bits per heavy atom. The molecule has 0 bridgehead atoms. The summed E-state index contributed by atoms with van der Waals surface area (Å²) < 4.78 is 26.7. The first kappa shape index (κ1) is 19.5. The van der Waals surface area contributed by atoms with Crippen LogP contribution in [-0.4, -0.2) is 27.8 Å². The molecule has 2 aromatic carbocycles. The maximum absolute atomic E-state index is 13.4. The molecule has 0 saturated heterocycles. The maximum atomic E-state index is 13.4.